The lowest BCUT2D eigenvalue weighted by molar-refractivity contribution is 0.521. The quantitative estimate of drug-likeness (QED) is 0.820. The predicted octanol–water partition coefficient (Wildman–Crippen LogP) is 2.53. The lowest BCUT2D eigenvalue weighted by atomic mass is 10.2. The first-order valence-corrected chi connectivity index (χ1v) is 7.44. The molecule has 0 aromatic heterocycles. The zero-order valence-electron chi connectivity index (χ0n) is 10.2. The van der Waals surface area contributed by atoms with Gasteiger partial charge < -0.3 is 5.73 Å². The summed E-state index contributed by atoms with van der Waals surface area (Å²) in [6.07, 6.45) is 1.24. The number of benzene rings is 1. The number of rotatable bonds is 5. The Kier molecular flexibility index (Phi) is 4.95. The molecule has 1 rings (SSSR count). The molecule has 0 aliphatic heterocycles. The normalized spacial score (nSPS) is 12.1. The van der Waals surface area contributed by atoms with E-state index in [1.807, 2.05) is 13.8 Å². The molecular formula is C11H16ClFN2O2S. The van der Waals surface area contributed by atoms with Crippen molar-refractivity contribution in [2.45, 2.75) is 37.6 Å². The summed E-state index contributed by atoms with van der Waals surface area (Å²) in [5, 5.41) is 0.0822. The molecule has 0 aliphatic rings. The molecule has 0 saturated heterocycles. The molecule has 1 aromatic rings. The molecule has 0 radical (unpaired) electrons. The van der Waals surface area contributed by atoms with Gasteiger partial charge in [-0.05, 0) is 25.0 Å². The summed E-state index contributed by atoms with van der Waals surface area (Å²) < 4.78 is 40.2. The highest BCUT2D eigenvalue weighted by Gasteiger charge is 2.23. The Morgan fingerprint density at radius 3 is 2.44 bits per heavy atom. The SMILES string of the molecule is CCC(CC)NS(=O)(=O)c1cc(Cl)cc(N)c1F. The highest BCUT2D eigenvalue weighted by molar-refractivity contribution is 7.89. The predicted molar refractivity (Wildman–Crippen MR) is 70.5 cm³/mol. The Morgan fingerprint density at radius 2 is 1.94 bits per heavy atom. The highest BCUT2D eigenvalue weighted by Crippen LogP contribution is 2.25. The fraction of sp³-hybridized carbons (Fsp3) is 0.455. The maximum absolute atomic E-state index is 13.7. The first-order valence-electron chi connectivity index (χ1n) is 5.58. The van der Waals surface area contributed by atoms with Crippen molar-refractivity contribution in [1.82, 2.24) is 4.72 Å². The van der Waals surface area contributed by atoms with Gasteiger partial charge in [0.1, 0.15) is 4.90 Å². The summed E-state index contributed by atoms with van der Waals surface area (Å²) in [4.78, 5) is -0.514. The van der Waals surface area contributed by atoms with Crippen molar-refractivity contribution in [3.8, 4) is 0 Å². The Hall–Kier alpha value is -0.850. The summed E-state index contributed by atoms with van der Waals surface area (Å²) in [5.41, 5.74) is 5.08. The smallest absolute Gasteiger partial charge is 0.243 e. The van der Waals surface area contributed by atoms with Crippen LogP contribution in [0.2, 0.25) is 5.02 Å². The Balaban J connectivity index is 3.20. The van der Waals surface area contributed by atoms with E-state index in [2.05, 4.69) is 4.72 Å². The molecule has 0 atom stereocenters. The van der Waals surface area contributed by atoms with Gasteiger partial charge in [-0.1, -0.05) is 25.4 Å². The minimum Gasteiger partial charge on any atom is -0.396 e. The van der Waals surface area contributed by atoms with Crippen molar-refractivity contribution >= 4 is 27.3 Å². The minimum absolute atomic E-state index is 0.0822. The minimum atomic E-state index is -3.95. The van der Waals surface area contributed by atoms with E-state index in [-0.39, 0.29) is 16.8 Å². The molecule has 0 spiro atoms. The monoisotopic (exact) mass is 294 g/mol. The molecule has 18 heavy (non-hydrogen) atoms. The zero-order chi connectivity index (χ0) is 13.9. The van der Waals surface area contributed by atoms with Crippen LogP contribution in [0.3, 0.4) is 0 Å². The largest absolute Gasteiger partial charge is 0.396 e. The number of hydrogen-bond donors (Lipinski definition) is 2. The first kappa shape index (κ1) is 15.2. The van der Waals surface area contributed by atoms with Crippen LogP contribution in [0.25, 0.3) is 0 Å². The molecule has 0 saturated carbocycles. The lowest BCUT2D eigenvalue weighted by Gasteiger charge is -2.16. The molecule has 0 fully saturated rings. The van der Waals surface area contributed by atoms with Gasteiger partial charge in [0.05, 0.1) is 5.69 Å². The third-order valence-corrected chi connectivity index (χ3v) is 4.37. The van der Waals surface area contributed by atoms with Crippen molar-refractivity contribution in [3.05, 3.63) is 23.0 Å². The molecule has 3 N–H and O–H groups in total. The van der Waals surface area contributed by atoms with Crippen LogP contribution in [0.5, 0.6) is 0 Å². The van der Waals surface area contributed by atoms with Gasteiger partial charge in [0.25, 0.3) is 0 Å². The molecule has 0 unspecified atom stereocenters. The van der Waals surface area contributed by atoms with Gasteiger partial charge >= 0.3 is 0 Å². The van der Waals surface area contributed by atoms with Crippen LogP contribution in [0.4, 0.5) is 10.1 Å². The molecular weight excluding hydrogens is 279 g/mol. The van der Waals surface area contributed by atoms with E-state index in [9.17, 15) is 12.8 Å². The van der Waals surface area contributed by atoms with Gasteiger partial charge in [0.2, 0.25) is 10.0 Å². The summed E-state index contributed by atoms with van der Waals surface area (Å²) in [6.45, 7) is 3.69. The second kappa shape index (κ2) is 5.86. The van der Waals surface area contributed by atoms with Gasteiger partial charge in [-0.15, -0.1) is 0 Å². The molecule has 1 aromatic carbocycles. The average Bonchev–Trinajstić information content (AvgIpc) is 2.30. The third-order valence-electron chi connectivity index (χ3n) is 2.63. The van der Waals surface area contributed by atoms with E-state index >= 15 is 0 Å². The van der Waals surface area contributed by atoms with Gasteiger partial charge in [-0.2, -0.15) is 0 Å². The molecule has 0 aliphatic carbocycles. The van der Waals surface area contributed by atoms with Crippen molar-refractivity contribution in [3.63, 3.8) is 0 Å². The van der Waals surface area contributed by atoms with Crippen LogP contribution in [0.15, 0.2) is 17.0 Å². The van der Waals surface area contributed by atoms with E-state index in [0.29, 0.717) is 12.8 Å². The van der Waals surface area contributed by atoms with Crippen LogP contribution >= 0.6 is 11.6 Å². The van der Waals surface area contributed by atoms with E-state index in [0.717, 1.165) is 6.07 Å². The van der Waals surface area contributed by atoms with E-state index < -0.39 is 20.7 Å². The fourth-order valence-corrected chi connectivity index (χ4v) is 3.34. The van der Waals surface area contributed by atoms with E-state index in [1.165, 1.54) is 6.07 Å². The molecule has 0 heterocycles. The van der Waals surface area contributed by atoms with Gasteiger partial charge in [0, 0.05) is 11.1 Å². The highest BCUT2D eigenvalue weighted by atomic mass is 35.5. The second-order valence-electron chi connectivity index (χ2n) is 3.94. The third kappa shape index (κ3) is 3.34. The average molecular weight is 295 g/mol. The number of hydrogen-bond acceptors (Lipinski definition) is 3. The van der Waals surface area contributed by atoms with Gasteiger partial charge in [-0.25, -0.2) is 17.5 Å². The second-order valence-corrected chi connectivity index (χ2v) is 6.06. The molecule has 0 amide bonds. The van der Waals surface area contributed by atoms with Crippen molar-refractivity contribution in [2.75, 3.05) is 5.73 Å². The topological polar surface area (TPSA) is 72.2 Å². The maximum Gasteiger partial charge on any atom is 0.243 e. The van der Waals surface area contributed by atoms with Crippen LogP contribution in [-0.2, 0) is 10.0 Å². The Bertz CT molecular complexity index is 530. The van der Waals surface area contributed by atoms with E-state index in [4.69, 9.17) is 17.3 Å². The fourth-order valence-electron chi connectivity index (χ4n) is 1.52. The number of sulfonamides is 1. The molecule has 102 valence electrons. The van der Waals surface area contributed by atoms with Gasteiger partial charge in [0.15, 0.2) is 5.82 Å². The van der Waals surface area contributed by atoms with E-state index in [1.54, 1.807) is 0 Å². The van der Waals surface area contributed by atoms with Crippen LogP contribution in [-0.4, -0.2) is 14.5 Å². The number of nitrogens with two attached hydrogens (primary N) is 1. The summed E-state index contributed by atoms with van der Waals surface area (Å²) in [7, 11) is -3.95. The first-order chi connectivity index (χ1) is 8.31. The summed E-state index contributed by atoms with van der Waals surface area (Å²) in [5.74, 6) is -0.974. The zero-order valence-corrected chi connectivity index (χ0v) is 11.8. The van der Waals surface area contributed by atoms with Crippen LogP contribution in [0.1, 0.15) is 26.7 Å². The Labute approximate surface area is 111 Å². The standard InChI is InChI=1S/C11H16ClFN2O2S/c1-3-8(4-2)15-18(16,17)10-6-7(12)5-9(14)11(10)13/h5-6,8,15H,3-4,14H2,1-2H3. The summed E-state index contributed by atoms with van der Waals surface area (Å²) >= 11 is 5.69. The Morgan fingerprint density at radius 1 is 1.39 bits per heavy atom. The molecule has 0 bridgehead atoms. The van der Waals surface area contributed by atoms with Crippen LogP contribution < -0.4 is 10.5 Å². The summed E-state index contributed by atoms with van der Waals surface area (Å²) in [6, 6.07) is 1.99. The van der Waals surface area contributed by atoms with Crippen LogP contribution in [0, 0.1) is 5.82 Å². The van der Waals surface area contributed by atoms with Gasteiger partial charge in [-0.3, -0.25) is 0 Å². The number of nitrogens with one attached hydrogen (secondary N) is 1. The van der Waals surface area contributed by atoms with Crippen molar-refractivity contribution in [1.29, 1.82) is 0 Å². The lowest BCUT2D eigenvalue weighted by Crippen LogP contribution is -2.34. The number of nitrogen functional groups attached to an aromatic ring is 1. The molecule has 7 heteroatoms. The maximum atomic E-state index is 13.7. The molecule has 4 nitrogen and oxygen atoms in total. The number of halogens is 2. The van der Waals surface area contributed by atoms with Crippen molar-refractivity contribution < 1.29 is 12.8 Å². The van der Waals surface area contributed by atoms with Crippen molar-refractivity contribution in [2.24, 2.45) is 0 Å². The number of anilines is 1.